The molecule has 1 aliphatic heterocycles. The lowest BCUT2D eigenvalue weighted by Crippen LogP contribution is -2.52. The van der Waals surface area contributed by atoms with Crippen LogP contribution in [0.15, 0.2) is 53.1 Å². The van der Waals surface area contributed by atoms with Gasteiger partial charge in [0, 0.05) is 24.4 Å². The third kappa shape index (κ3) is 5.75. The quantitative estimate of drug-likeness (QED) is 0.459. The van der Waals surface area contributed by atoms with E-state index < -0.39 is 6.10 Å². The first kappa shape index (κ1) is 25.4. The molecule has 190 valence electrons. The van der Waals surface area contributed by atoms with E-state index >= 15 is 0 Å². The van der Waals surface area contributed by atoms with Crippen LogP contribution < -0.4 is 15.0 Å². The standard InChI is InChI=1S/C28H34N4O4/c1-5-21(6-2)29-28(34)24-17-32(22-9-7-8-10-23(22)35-24)26(33)16-15-25-30-27(31-36-25)20-13-11-19(12-14-20)18(3)4/h7-14,18,21,24H,5-6,15-17H2,1-4H3,(H,29,34). The van der Waals surface area contributed by atoms with Crippen LogP contribution in [0.25, 0.3) is 11.4 Å². The summed E-state index contributed by atoms with van der Waals surface area (Å²) in [7, 11) is 0. The molecule has 3 aromatic rings. The molecule has 0 saturated carbocycles. The molecule has 2 amide bonds. The van der Waals surface area contributed by atoms with E-state index in [9.17, 15) is 9.59 Å². The fourth-order valence-electron chi connectivity index (χ4n) is 4.23. The Kier molecular flexibility index (Phi) is 8.03. The molecule has 2 heterocycles. The van der Waals surface area contributed by atoms with Gasteiger partial charge in [-0.05, 0) is 36.5 Å². The molecule has 36 heavy (non-hydrogen) atoms. The van der Waals surface area contributed by atoms with Crippen molar-refractivity contribution in [2.75, 3.05) is 11.4 Å². The number of benzene rings is 2. The van der Waals surface area contributed by atoms with Crippen molar-refractivity contribution in [3.05, 3.63) is 60.0 Å². The van der Waals surface area contributed by atoms with E-state index in [4.69, 9.17) is 9.26 Å². The van der Waals surface area contributed by atoms with Gasteiger partial charge in [-0.2, -0.15) is 4.98 Å². The molecule has 8 nitrogen and oxygen atoms in total. The molecule has 1 atom stereocenters. The van der Waals surface area contributed by atoms with Crippen LogP contribution in [0.4, 0.5) is 5.69 Å². The Morgan fingerprint density at radius 1 is 1.08 bits per heavy atom. The number of para-hydroxylation sites is 2. The number of amides is 2. The van der Waals surface area contributed by atoms with Crippen LogP contribution in [-0.4, -0.2) is 40.6 Å². The summed E-state index contributed by atoms with van der Waals surface area (Å²) in [5.74, 6) is 1.53. The van der Waals surface area contributed by atoms with E-state index in [2.05, 4.69) is 41.4 Å². The number of carbonyl (C=O) groups excluding carboxylic acids is 2. The first-order valence-corrected chi connectivity index (χ1v) is 12.7. The minimum atomic E-state index is -0.770. The van der Waals surface area contributed by atoms with Gasteiger partial charge in [0.15, 0.2) is 6.10 Å². The fraction of sp³-hybridized carbons (Fsp3) is 0.429. The molecule has 1 unspecified atom stereocenters. The first-order valence-electron chi connectivity index (χ1n) is 12.7. The Morgan fingerprint density at radius 2 is 1.81 bits per heavy atom. The van der Waals surface area contributed by atoms with Gasteiger partial charge >= 0.3 is 0 Å². The molecular weight excluding hydrogens is 456 g/mol. The first-order chi connectivity index (χ1) is 17.4. The van der Waals surface area contributed by atoms with Crippen LogP contribution >= 0.6 is 0 Å². The summed E-state index contributed by atoms with van der Waals surface area (Å²) >= 11 is 0. The highest BCUT2D eigenvalue weighted by Crippen LogP contribution is 2.34. The lowest BCUT2D eigenvalue weighted by Gasteiger charge is -2.34. The van der Waals surface area contributed by atoms with Gasteiger partial charge in [0.05, 0.1) is 12.2 Å². The molecule has 2 aromatic carbocycles. The largest absolute Gasteiger partial charge is 0.477 e. The smallest absolute Gasteiger partial charge is 0.263 e. The maximum absolute atomic E-state index is 13.3. The fourth-order valence-corrected chi connectivity index (χ4v) is 4.23. The minimum Gasteiger partial charge on any atom is -0.477 e. The van der Waals surface area contributed by atoms with Crippen molar-refractivity contribution < 1.29 is 18.8 Å². The summed E-state index contributed by atoms with van der Waals surface area (Å²) < 4.78 is 11.4. The predicted molar refractivity (Wildman–Crippen MR) is 138 cm³/mol. The summed E-state index contributed by atoms with van der Waals surface area (Å²) in [4.78, 5) is 32.2. The second-order valence-corrected chi connectivity index (χ2v) is 9.39. The molecule has 0 radical (unpaired) electrons. The molecule has 0 saturated heterocycles. The van der Waals surface area contributed by atoms with E-state index in [-0.39, 0.29) is 30.8 Å². The van der Waals surface area contributed by atoms with E-state index in [1.165, 1.54) is 5.56 Å². The van der Waals surface area contributed by atoms with Gasteiger partial charge in [0.2, 0.25) is 17.6 Å². The van der Waals surface area contributed by atoms with Crippen molar-refractivity contribution in [2.24, 2.45) is 0 Å². The van der Waals surface area contributed by atoms with E-state index in [0.717, 1.165) is 18.4 Å². The molecule has 4 rings (SSSR count). The highest BCUT2D eigenvalue weighted by Gasteiger charge is 2.34. The molecule has 0 bridgehead atoms. The normalized spacial score (nSPS) is 15.1. The number of anilines is 1. The summed E-state index contributed by atoms with van der Waals surface area (Å²) in [6.07, 6.45) is 1.38. The predicted octanol–water partition coefficient (Wildman–Crippen LogP) is 4.89. The molecule has 8 heteroatoms. The number of aromatic nitrogens is 2. The zero-order chi connectivity index (χ0) is 25.7. The Labute approximate surface area is 212 Å². The zero-order valence-electron chi connectivity index (χ0n) is 21.4. The van der Waals surface area contributed by atoms with Crippen LogP contribution in [0.5, 0.6) is 5.75 Å². The van der Waals surface area contributed by atoms with Crippen molar-refractivity contribution in [1.29, 1.82) is 0 Å². The van der Waals surface area contributed by atoms with Crippen molar-refractivity contribution in [3.8, 4) is 17.1 Å². The average Bonchev–Trinajstić information content (AvgIpc) is 3.38. The summed E-state index contributed by atoms with van der Waals surface area (Å²) in [6, 6.07) is 15.4. The van der Waals surface area contributed by atoms with Gasteiger partial charge in [0.25, 0.3) is 5.91 Å². The summed E-state index contributed by atoms with van der Waals surface area (Å²) in [5.41, 5.74) is 2.77. The van der Waals surface area contributed by atoms with Crippen LogP contribution in [-0.2, 0) is 16.0 Å². The van der Waals surface area contributed by atoms with Crippen LogP contribution in [0, 0.1) is 0 Å². The molecule has 0 spiro atoms. The SMILES string of the molecule is CCC(CC)NC(=O)C1CN(C(=O)CCc2nc(-c3ccc(C(C)C)cc3)no2)c2ccccc2O1. The number of nitrogens with zero attached hydrogens (tertiary/aromatic N) is 3. The number of fused-ring (bicyclic) bond motifs is 1. The number of hydrogen-bond acceptors (Lipinski definition) is 6. The number of hydrogen-bond donors (Lipinski definition) is 1. The van der Waals surface area contributed by atoms with Gasteiger partial charge in [0.1, 0.15) is 5.75 Å². The highest BCUT2D eigenvalue weighted by molar-refractivity contribution is 5.97. The summed E-state index contributed by atoms with van der Waals surface area (Å²) in [5, 5.41) is 7.11. The number of rotatable bonds is 9. The second kappa shape index (κ2) is 11.4. The van der Waals surface area contributed by atoms with Crippen molar-refractivity contribution >= 4 is 17.5 Å². The Hall–Kier alpha value is -3.68. The number of carbonyl (C=O) groups is 2. The van der Waals surface area contributed by atoms with Gasteiger partial charge in [-0.1, -0.05) is 69.2 Å². The minimum absolute atomic E-state index is 0.0794. The maximum atomic E-state index is 13.3. The van der Waals surface area contributed by atoms with Crippen molar-refractivity contribution in [2.45, 2.75) is 71.4 Å². The Balaban J connectivity index is 1.43. The topological polar surface area (TPSA) is 97.6 Å². The molecule has 0 fully saturated rings. The Morgan fingerprint density at radius 3 is 2.50 bits per heavy atom. The van der Waals surface area contributed by atoms with Gasteiger partial charge in [-0.3, -0.25) is 9.59 Å². The van der Waals surface area contributed by atoms with E-state index in [0.29, 0.717) is 35.5 Å². The lowest BCUT2D eigenvalue weighted by molar-refractivity contribution is -0.129. The molecule has 1 aromatic heterocycles. The van der Waals surface area contributed by atoms with Gasteiger partial charge in [-0.25, -0.2) is 0 Å². The molecule has 1 N–H and O–H groups in total. The Bertz CT molecular complexity index is 1180. The van der Waals surface area contributed by atoms with Crippen LogP contribution in [0.2, 0.25) is 0 Å². The third-order valence-corrected chi connectivity index (χ3v) is 6.56. The third-order valence-electron chi connectivity index (χ3n) is 6.56. The summed E-state index contributed by atoms with van der Waals surface area (Å²) in [6.45, 7) is 8.51. The van der Waals surface area contributed by atoms with Crippen molar-refractivity contribution in [3.63, 3.8) is 0 Å². The van der Waals surface area contributed by atoms with Gasteiger partial charge in [-0.15, -0.1) is 0 Å². The average molecular weight is 491 g/mol. The van der Waals surface area contributed by atoms with E-state index in [1.54, 1.807) is 11.0 Å². The van der Waals surface area contributed by atoms with Crippen LogP contribution in [0.1, 0.15) is 64.3 Å². The molecule has 0 aliphatic carbocycles. The maximum Gasteiger partial charge on any atom is 0.263 e. The zero-order valence-corrected chi connectivity index (χ0v) is 21.4. The monoisotopic (exact) mass is 490 g/mol. The number of ether oxygens (including phenoxy) is 1. The molecular formula is C28H34N4O4. The second-order valence-electron chi connectivity index (χ2n) is 9.39. The van der Waals surface area contributed by atoms with E-state index in [1.807, 2.05) is 44.2 Å². The number of nitrogens with one attached hydrogen (secondary N) is 1. The highest BCUT2D eigenvalue weighted by atomic mass is 16.5. The van der Waals surface area contributed by atoms with Gasteiger partial charge < -0.3 is 19.5 Å². The molecule has 1 aliphatic rings. The van der Waals surface area contributed by atoms with Crippen LogP contribution in [0.3, 0.4) is 0 Å². The van der Waals surface area contributed by atoms with Crippen molar-refractivity contribution in [1.82, 2.24) is 15.5 Å². The number of aryl methyl sites for hydroxylation is 1. The lowest BCUT2D eigenvalue weighted by atomic mass is 10.0.